The summed E-state index contributed by atoms with van der Waals surface area (Å²) in [7, 11) is 1.48. The first-order chi connectivity index (χ1) is 18.5. The first-order valence-electron chi connectivity index (χ1n) is 12.6. The van der Waals surface area contributed by atoms with Gasteiger partial charge in [0.15, 0.2) is 0 Å². The first kappa shape index (κ1) is 27.0. The maximum absolute atomic E-state index is 13.6. The minimum Gasteiger partial charge on any atom is -0.341 e. The molecular formula is C27H28Cl2N6O4. The maximum Gasteiger partial charge on any atom is 0.331 e. The molecule has 5 rings (SSSR count). The summed E-state index contributed by atoms with van der Waals surface area (Å²) in [6, 6.07) is 8.78. The average molecular weight is 571 g/mol. The Kier molecular flexibility index (Phi) is 7.02. The number of carbonyl (C=O) groups is 4. The highest BCUT2D eigenvalue weighted by Crippen LogP contribution is 2.41. The number of likely N-dealkylation sites (tertiary alicyclic amines) is 1. The van der Waals surface area contributed by atoms with Crippen LogP contribution in [0.1, 0.15) is 37.0 Å². The second kappa shape index (κ2) is 10.2. The number of anilines is 1. The van der Waals surface area contributed by atoms with Crippen molar-refractivity contribution in [3.05, 3.63) is 58.2 Å². The number of amides is 5. The summed E-state index contributed by atoms with van der Waals surface area (Å²) in [5.74, 6) is -1.27. The molecule has 204 valence electrons. The number of fused-ring (bicyclic) bond motifs is 1. The highest BCUT2D eigenvalue weighted by atomic mass is 35.5. The standard InChI is InChI=1S/C27H28Cl2N6O4/c1-15(2)22(31-23(36)19-13-17(28)4-6-20(19)29)24(37)34-10-8-27(9-11-34)25(38)33(3)26(39)35(27)18-5-7-21-16(12-18)14-30-32-21/h4-7,12-15,22H,8-11H2,1-3H3,(H,30,32)(H,31,36). The fourth-order valence-electron chi connectivity index (χ4n) is 5.39. The van der Waals surface area contributed by atoms with E-state index in [9.17, 15) is 19.2 Å². The molecule has 39 heavy (non-hydrogen) atoms. The predicted molar refractivity (Wildman–Crippen MR) is 148 cm³/mol. The molecule has 2 aliphatic rings. The number of nitrogens with one attached hydrogen (secondary N) is 2. The molecule has 10 nitrogen and oxygen atoms in total. The van der Waals surface area contributed by atoms with E-state index in [2.05, 4.69) is 15.5 Å². The molecule has 2 aromatic carbocycles. The third-order valence-corrected chi connectivity index (χ3v) is 8.15. The molecule has 2 aliphatic heterocycles. The van der Waals surface area contributed by atoms with Crippen molar-refractivity contribution in [1.29, 1.82) is 0 Å². The fourth-order valence-corrected chi connectivity index (χ4v) is 5.77. The maximum atomic E-state index is 13.6. The zero-order chi connectivity index (χ0) is 28.1. The van der Waals surface area contributed by atoms with Crippen LogP contribution in [-0.4, -0.2) is 75.5 Å². The molecule has 2 fully saturated rings. The van der Waals surface area contributed by atoms with Crippen LogP contribution in [-0.2, 0) is 9.59 Å². The van der Waals surface area contributed by atoms with Gasteiger partial charge in [0.25, 0.3) is 11.8 Å². The van der Waals surface area contributed by atoms with Gasteiger partial charge in [-0.25, -0.2) is 4.79 Å². The van der Waals surface area contributed by atoms with Crippen LogP contribution in [0.5, 0.6) is 0 Å². The number of piperidine rings is 1. The molecule has 1 spiro atoms. The Labute approximate surface area is 235 Å². The number of nitrogens with zero attached hydrogens (tertiary/aromatic N) is 4. The number of likely N-dealkylation sites (N-methyl/N-ethyl adjacent to an activating group) is 1. The number of H-pyrrole nitrogens is 1. The van der Waals surface area contributed by atoms with Crippen molar-refractivity contribution in [1.82, 2.24) is 25.3 Å². The Morgan fingerprint density at radius 2 is 1.79 bits per heavy atom. The first-order valence-corrected chi connectivity index (χ1v) is 13.4. The summed E-state index contributed by atoms with van der Waals surface area (Å²) in [6.07, 6.45) is 2.18. The number of rotatable bonds is 5. The van der Waals surface area contributed by atoms with Gasteiger partial charge in [0.05, 0.1) is 22.3 Å². The van der Waals surface area contributed by atoms with Crippen LogP contribution in [0.3, 0.4) is 0 Å². The zero-order valence-electron chi connectivity index (χ0n) is 21.7. The number of halogens is 2. The Bertz CT molecular complexity index is 1480. The van der Waals surface area contributed by atoms with Crippen LogP contribution < -0.4 is 10.2 Å². The molecule has 0 saturated carbocycles. The molecule has 2 N–H and O–H groups in total. The second-order valence-electron chi connectivity index (χ2n) is 10.3. The monoisotopic (exact) mass is 570 g/mol. The minimum atomic E-state index is -1.11. The van der Waals surface area contributed by atoms with E-state index in [1.807, 2.05) is 26.0 Å². The molecule has 1 unspecified atom stereocenters. The van der Waals surface area contributed by atoms with Gasteiger partial charge in [-0.05, 0) is 55.2 Å². The number of urea groups is 1. The third kappa shape index (κ3) is 4.61. The summed E-state index contributed by atoms with van der Waals surface area (Å²) in [4.78, 5) is 57.6. The van der Waals surface area contributed by atoms with Gasteiger partial charge in [-0.3, -0.25) is 29.3 Å². The SMILES string of the molecule is CC(C)C(NC(=O)c1cc(Cl)ccc1Cl)C(=O)N1CCC2(CC1)C(=O)N(C)C(=O)N2c1ccc2[nH]ncc2c1. The van der Waals surface area contributed by atoms with Gasteiger partial charge in [-0.15, -0.1) is 0 Å². The van der Waals surface area contributed by atoms with Crippen molar-refractivity contribution < 1.29 is 19.2 Å². The lowest BCUT2D eigenvalue weighted by Gasteiger charge is -2.43. The molecule has 3 aromatic rings. The lowest BCUT2D eigenvalue weighted by atomic mass is 9.85. The summed E-state index contributed by atoms with van der Waals surface area (Å²) < 4.78 is 0. The van der Waals surface area contributed by atoms with Gasteiger partial charge < -0.3 is 10.2 Å². The number of carbonyl (C=O) groups excluding carboxylic acids is 4. The van der Waals surface area contributed by atoms with Crippen molar-refractivity contribution in [2.45, 2.75) is 38.3 Å². The van der Waals surface area contributed by atoms with Crippen molar-refractivity contribution in [3.8, 4) is 0 Å². The number of aromatic nitrogens is 2. The Morgan fingerprint density at radius 3 is 2.49 bits per heavy atom. The quantitative estimate of drug-likeness (QED) is 0.448. The second-order valence-corrected chi connectivity index (χ2v) is 11.1. The number of imide groups is 1. The average Bonchev–Trinajstić information content (AvgIpc) is 3.45. The van der Waals surface area contributed by atoms with Gasteiger partial charge in [0.1, 0.15) is 11.6 Å². The molecule has 0 aliphatic carbocycles. The molecule has 2 saturated heterocycles. The van der Waals surface area contributed by atoms with E-state index in [1.54, 1.807) is 28.1 Å². The smallest absolute Gasteiger partial charge is 0.331 e. The van der Waals surface area contributed by atoms with Gasteiger partial charge in [-0.2, -0.15) is 5.10 Å². The Balaban J connectivity index is 1.36. The minimum absolute atomic E-state index is 0.184. The van der Waals surface area contributed by atoms with E-state index in [0.29, 0.717) is 10.7 Å². The molecule has 5 amide bonds. The molecular weight excluding hydrogens is 543 g/mol. The van der Waals surface area contributed by atoms with Crippen LogP contribution in [0, 0.1) is 5.92 Å². The van der Waals surface area contributed by atoms with Gasteiger partial charge >= 0.3 is 6.03 Å². The van der Waals surface area contributed by atoms with Crippen LogP contribution in [0.4, 0.5) is 10.5 Å². The zero-order valence-corrected chi connectivity index (χ0v) is 23.2. The topological polar surface area (TPSA) is 119 Å². The van der Waals surface area contributed by atoms with Crippen molar-refractivity contribution in [2.75, 3.05) is 25.0 Å². The van der Waals surface area contributed by atoms with Gasteiger partial charge in [0.2, 0.25) is 5.91 Å². The summed E-state index contributed by atoms with van der Waals surface area (Å²) in [6.45, 7) is 4.17. The van der Waals surface area contributed by atoms with E-state index in [-0.39, 0.29) is 54.2 Å². The lowest BCUT2D eigenvalue weighted by molar-refractivity contribution is -0.139. The number of hydrogen-bond donors (Lipinski definition) is 2. The van der Waals surface area contributed by atoms with Crippen LogP contribution in [0.2, 0.25) is 10.0 Å². The third-order valence-electron chi connectivity index (χ3n) is 7.59. The van der Waals surface area contributed by atoms with Gasteiger partial charge in [0, 0.05) is 36.2 Å². The summed E-state index contributed by atoms with van der Waals surface area (Å²) in [5, 5.41) is 11.1. The molecule has 0 bridgehead atoms. The molecule has 1 aromatic heterocycles. The van der Waals surface area contributed by atoms with E-state index in [4.69, 9.17) is 23.2 Å². The molecule has 0 radical (unpaired) electrons. The van der Waals surface area contributed by atoms with E-state index in [0.717, 1.165) is 15.8 Å². The normalized spacial score (nSPS) is 17.9. The van der Waals surface area contributed by atoms with Crippen molar-refractivity contribution in [2.24, 2.45) is 5.92 Å². The highest BCUT2D eigenvalue weighted by Gasteiger charge is 2.58. The van der Waals surface area contributed by atoms with E-state index >= 15 is 0 Å². The number of hydrogen-bond acceptors (Lipinski definition) is 5. The van der Waals surface area contributed by atoms with Crippen molar-refractivity contribution >= 4 is 63.5 Å². The molecule has 3 heterocycles. The van der Waals surface area contributed by atoms with Crippen LogP contribution >= 0.6 is 23.2 Å². The molecule has 1 atom stereocenters. The van der Waals surface area contributed by atoms with E-state index < -0.39 is 23.5 Å². The summed E-state index contributed by atoms with van der Waals surface area (Å²) >= 11 is 12.2. The van der Waals surface area contributed by atoms with Crippen molar-refractivity contribution in [3.63, 3.8) is 0 Å². The predicted octanol–water partition coefficient (Wildman–Crippen LogP) is 4.08. The number of benzene rings is 2. The largest absolute Gasteiger partial charge is 0.341 e. The highest BCUT2D eigenvalue weighted by molar-refractivity contribution is 6.35. The Morgan fingerprint density at radius 1 is 1.08 bits per heavy atom. The van der Waals surface area contributed by atoms with Gasteiger partial charge in [-0.1, -0.05) is 37.0 Å². The molecule has 12 heteroatoms. The lowest BCUT2D eigenvalue weighted by Crippen LogP contribution is -2.60. The summed E-state index contributed by atoms with van der Waals surface area (Å²) in [5.41, 5.74) is 0.492. The Hall–Kier alpha value is -3.63. The van der Waals surface area contributed by atoms with Crippen LogP contribution in [0.25, 0.3) is 10.9 Å². The van der Waals surface area contributed by atoms with Crippen LogP contribution in [0.15, 0.2) is 42.6 Å². The number of aromatic amines is 1. The van der Waals surface area contributed by atoms with E-state index in [1.165, 1.54) is 19.2 Å². The fraction of sp³-hybridized carbons (Fsp3) is 0.370.